The van der Waals surface area contributed by atoms with Crippen molar-refractivity contribution in [3.63, 3.8) is 0 Å². The monoisotopic (exact) mass is 321 g/mol. The van der Waals surface area contributed by atoms with Gasteiger partial charge >= 0.3 is 0 Å². The van der Waals surface area contributed by atoms with Gasteiger partial charge in [-0.25, -0.2) is 0 Å². The molecule has 0 atom stereocenters. The standard InChI is InChI=1S/C24H19N/c1-4-10-19(11-5-1)16-24-23(21-14-8-3-9-15-21)17-22(18-25-24)20-12-6-2-7-13-20/h1-15,17-18H,16H2. The maximum atomic E-state index is 4.83. The third-order valence-electron chi connectivity index (χ3n) is 4.38. The molecule has 0 aliphatic heterocycles. The molecule has 0 N–H and O–H groups in total. The van der Waals surface area contributed by atoms with Crippen molar-refractivity contribution in [1.82, 2.24) is 4.98 Å². The minimum atomic E-state index is 0.833. The van der Waals surface area contributed by atoms with Crippen molar-refractivity contribution < 1.29 is 0 Å². The highest BCUT2D eigenvalue weighted by atomic mass is 14.7. The van der Waals surface area contributed by atoms with E-state index in [0.29, 0.717) is 0 Å². The van der Waals surface area contributed by atoms with Crippen molar-refractivity contribution in [3.8, 4) is 22.3 Å². The number of hydrogen-bond donors (Lipinski definition) is 0. The van der Waals surface area contributed by atoms with Crippen LogP contribution in [0.3, 0.4) is 0 Å². The molecule has 120 valence electrons. The molecule has 0 radical (unpaired) electrons. The summed E-state index contributed by atoms with van der Waals surface area (Å²) in [6.07, 6.45) is 2.82. The van der Waals surface area contributed by atoms with E-state index in [9.17, 15) is 0 Å². The zero-order valence-electron chi connectivity index (χ0n) is 14.0. The van der Waals surface area contributed by atoms with Crippen LogP contribution in [0.25, 0.3) is 22.3 Å². The molecule has 1 heteroatoms. The minimum absolute atomic E-state index is 0.833. The van der Waals surface area contributed by atoms with Crippen LogP contribution in [-0.4, -0.2) is 4.98 Å². The lowest BCUT2D eigenvalue weighted by Crippen LogP contribution is -1.97. The first kappa shape index (κ1) is 15.3. The molecule has 25 heavy (non-hydrogen) atoms. The lowest BCUT2D eigenvalue weighted by atomic mass is 9.96. The second-order valence-corrected chi connectivity index (χ2v) is 6.11. The smallest absolute Gasteiger partial charge is 0.0526 e. The van der Waals surface area contributed by atoms with Gasteiger partial charge in [-0.2, -0.15) is 0 Å². The molecular weight excluding hydrogens is 302 g/mol. The summed E-state index contributed by atoms with van der Waals surface area (Å²) >= 11 is 0. The van der Waals surface area contributed by atoms with E-state index < -0.39 is 0 Å². The summed E-state index contributed by atoms with van der Waals surface area (Å²) in [5.41, 5.74) is 7.14. The van der Waals surface area contributed by atoms with E-state index in [1.54, 1.807) is 0 Å². The molecule has 0 bridgehead atoms. The Morgan fingerprint density at radius 3 is 1.76 bits per heavy atom. The van der Waals surface area contributed by atoms with Crippen LogP contribution in [0.1, 0.15) is 11.3 Å². The molecule has 0 saturated carbocycles. The molecular formula is C24H19N. The third-order valence-corrected chi connectivity index (χ3v) is 4.38. The van der Waals surface area contributed by atoms with Gasteiger partial charge in [0.1, 0.15) is 0 Å². The number of rotatable bonds is 4. The summed E-state index contributed by atoms with van der Waals surface area (Å²) in [4.78, 5) is 4.83. The first-order chi connectivity index (χ1) is 12.4. The Morgan fingerprint density at radius 1 is 0.560 bits per heavy atom. The highest BCUT2D eigenvalue weighted by Gasteiger charge is 2.10. The van der Waals surface area contributed by atoms with E-state index in [4.69, 9.17) is 4.98 Å². The van der Waals surface area contributed by atoms with Crippen molar-refractivity contribution in [2.24, 2.45) is 0 Å². The van der Waals surface area contributed by atoms with E-state index in [0.717, 1.165) is 17.7 Å². The van der Waals surface area contributed by atoms with Gasteiger partial charge in [0, 0.05) is 23.7 Å². The summed E-state index contributed by atoms with van der Waals surface area (Å²) < 4.78 is 0. The fraction of sp³-hybridized carbons (Fsp3) is 0.0417. The molecule has 0 spiro atoms. The highest BCUT2D eigenvalue weighted by molar-refractivity contribution is 5.74. The molecule has 0 fully saturated rings. The molecule has 1 nitrogen and oxygen atoms in total. The number of hydrogen-bond acceptors (Lipinski definition) is 1. The SMILES string of the molecule is c1ccc(Cc2ncc(-c3ccccc3)cc2-c2ccccc2)cc1. The Bertz CT molecular complexity index is 945. The van der Waals surface area contributed by atoms with Crippen molar-refractivity contribution >= 4 is 0 Å². The van der Waals surface area contributed by atoms with Crippen LogP contribution in [0.2, 0.25) is 0 Å². The van der Waals surface area contributed by atoms with Gasteiger partial charge in [-0.3, -0.25) is 4.98 Å². The predicted octanol–water partition coefficient (Wildman–Crippen LogP) is 6.01. The fourth-order valence-corrected chi connectivity index (χ4v) is 3.08. The first-order valence-electron chi connectivity index (χ1n) is 8.54. The number of nitrogens with zero attached hydrogens (tertiary/aromatic N) is 1. The quantitative estimate of drug-likeness (QED) is 0.449. The molecule has 4 aromatic rings. The van der Waals surface area contributed by atoms with Gasteiger partial charge in [0.2, 0.25) is 0 Å². The normalized spacial score (nSPS) is 10.6. The zero-order valence-corrected chi connectivity index (χ0v) is 14.0. The van der Waals surface area contributed by atoms with Gasteiger partial charge in [-0.15, -0.1) is 0 Å². The number of benzene rings is 3. The van der Waals surface area contributed by atoms with Crippen LogP contribution >= 0.6 is 0 Å². The average molecular weight is 321 g/mol. The van der Waals surface area contributed by atoms with Gasteiger partial charge in [0.05, 0.1) is 5.69 Å². The molecule has 0 aliphatic rings. The predicted molar refractivity (Wildman–Crippen MR) is 104 cm³/mol. The lowest BCUT2D eigenvalue weighted by molar-refractivity contribution is 1.08. The summed E-state index contributed by atoms with van der Waals surface area (Å²) in [5, 5.41) is 0. The molecule has 1 heterocycles. The fourth-order valence-electron chi connectivity index (χ4n) is 3.08. The van der Waals surface area contributed by atoms with Gasteiger partial charge in [0.25, 0.3) is 0 Å². The lowest BCUT2D eigenvalue weighted by Gasteiger charge is -2.12. The van der Waals surface area contributed by atoms with Crippen LogP contribution in [-0.2, 0) is 6.42 Å². The maximum absolute atomic E-state index is 4.83. The van der Waals surface area contributed by atoms with Crippen LogP contribution in [0.15, 0.2) is 103 Å². The Kier molecular flexibility index (Phi) is 4.38. The molecule has 1 aromatic heterocycles. The zero-order chi connectivity index (χ0) is 16.9. The van der Waals surface area contributed by atoms with Gasteiger partial charge in [-0.05, 0) is 22.8 Å². The van der Waals surface area contributed by atoms with E-state index >= 15 is 0 Å². The molecule has 0 unspecified atom stereocenters. The molecule has 0 amide bonds. The summed E-state index contributed by atoms with van der Waals surface area (Å²) in [6, 6.07) is 33.7. The van der Waals surface area contributed by atoms with Gasteiger partial charge in [-0.1, -0.05) is 91.0 Å². The van der Waals surface area contributed by atoms with Crippen molar-refractivity contribution in [1.29, 1.82) is 0 Å². The Balaban J connectivity index is 1.81. The first-order valence-corrected chi connectivity index (χ1v) is 8.54. The molecule has 0 aliphatic carbocycles. The molecule has 3 aromatic carbocycles. The van der Waals surface area contributed by atoms with E-state index in [-0.39, 0.29) is 0 Å². The Hall–Kier alpha value is -3.19. The maximum Gasteiger partial charge on any atom is 0.0526 e. The van der Waals surface area contributed by atoms with E-state index in [2.05, 4.69) is 84.9 Å². The van der Waals surface area contributed by atoms with E-state index in [1.165, 1.54) is 22.3 Å². The van der Waals surface area contributed by atoms with Crippen molar-refractivity contribution in [3.05, 3.63) is 115 Å². The minimum Gasteiger partial charge on any atom is -0.260 e. The van der Waals surface area contributed by atoms with Crippen LogP contribution in [0, 0.1) is 0 Å². The summed E-state index contributed by atoms with van der Waals surface area (Å²) in [7, 11) is 0. The van der Waals surface area contributed by atoms with E-state index in [1.807, 2.05) is 18.3 Å². The van der Waals surface area contributed by atoms with Gasteiger partial charge in [0.15, 0.2) is 0 Å². The second-order valence-electron chi connectivity index (χ2n) is 6.11. The Labute approximate surface area is 148 Å². The van der Waals surface area contributed by atoms with Crippen molar-refractivity contribution in [2.45, 2.75) is 6.42 Å². The van der Waals surface area contributed by atoms with Gasteiger partial charge < -0.3 is 0 Å². The molecule has 4 rings (SSSR count). The van der Waals surface area contributed by atoms with Crippen LogP contribution in [0.5, 0.6) is 0 Å². The van der Waals surface area contributed by atoms with Crippen molar-refractivity contribution in [2.75, 3.05) is 0 Å². The Morgan fingerprint density at radius 2 is 1.12 bits per heavy atom. The second kappa shape index (κ2) is 7.14. The number of pyridine rings is 1. The topological polar surface area (TPSA) is 12.9 Å². The number of aromatic nitrogens is 1. The van der Waals surface area contributed by atoms with Crippen LogP contribution in [0.4, 0.5) is 0 Å². The van der Waals surface area contributed by atoms with Crippen LogP contribution < -0.4 is 0 Å². The highest BCUT2D eigenvalue weighted by Crippen LogP contribution is 2.29. The molecule has 0 saturated heterocycles. The summed E-state index contributed by atoms with van der Waals surface area (Å²) in [6.45, 7) is 0. The average Bonchev–Trinajstić information content (AvgIpc) is 2.70. The summed E-state index contributed by atoms with van der Waals surface area (Å²) in [5.74, 6) is 0. The third kappa shape index (κ3) is 3.51. The largest absolute Gasteiger partial charge is 0.260 e.